The van der Waals surface area contributed by atoms with Crippen LogP contribution in [-0.2, 0) is 6.54 Å². The lowest BCUT2D eigenvalue weighted by atomic mass is 10.1. The minimum atomic E-state index is -0.0885. The molecule has 2 aromatic rings. The molecule has 2 heterocycles. The minimum Gasteiger partial charge on any atom is -0.467 e. The van der Waals surface area contributed by atoms with Crippen molar-refractivity contribution in [1.29, 1.82) is 0 Å². The highest BCUT2D eigenvalue weighted by atomic mass is 35.5. The fourth-order valence-corrected chi connectivity index (χ4v) is 3.13. The summed E-state index contributed by atoms with van der Waals surface area (Å²) in [6, 6.07) is 5.51. The Balaban J connectivity index is 1.86. The first-order valence-corrected chi connectivity index (χ1v) is 8.05. The Bertz CT molecular complexity index is 652. The Morgan fingerprint density at radius 3 is 2.77 bits per heavy atom. The van der Waals surface area contributed by atoms with Gasteiger partial charge in [0, 0.05) is 12.2 Å². The quantitative estimate of drug-likeness (QED) is 0.767. The van der Waals surface area contributed by atoms with E-state index in [0.29, 0.717) is 12.1 Å². The lowest BCUT2D eigenvalue weighted by Crippen LogP contribution is -2.38. The molecule has 4 nitrogen and oxygen atoms in total. The topological polar surface area (TPSA) is 46.3 Å². The van der Waals surface area contributed by atoms with Gasteiger partial charge in [0.1, 0.15) is 10.9 Å². The molecule has 0 aromatic carbocycles. The highest BCUT2D eigenvalue weighted by molar-refractivity contribution is 6.41. The molecule has 0 atom stereocenters. The Hall–Kier alpha value is -1.52. The van der Waals surface area contributed by atoms with E-state index in [1.807, 2.05) is 17.0 Å². The van der Waals surface area contributed by atoms with Crippen LogP contribution in [0.4, 0.5) is 0 Å². The number of pyridine rings is 1. The van der Waals surface area contributed by atoms with Crippen molar-refractivity contribution in [2.75, 3.05) is 0 Å². The van der Waals surface area contributed by atoms with Crippen molar-refractivity contribution in [3.05, 3.63) is 52.2 Å². The van der Waals surface area contributed by atoms with Crippen LogP contribution in [0, 0.1) is 0 Å². The second-order valence-corrected chi connectivity index (χ2v) is 6.21. The first kappa shape index (κ1) is 15.4. The summed E-state index contributed by atoms with van der Waals surface area (Å²) in [7, 11) is 0. The second-order valence-electron chi connectivity index (χ2n) is 5.45. The van der Waals surface area contributed by atoms with Crippen molar-refractivity contribution < 1.29 is 9.21 Å². The molecule has 0 saturated heterocycles. The van der Waals surface area contributed by atoms with Crippen LogP contribution >= 0.6 is 23.2 Å². The molecule has 3 rings (SSSR count). The van der Waals surface area contributed by atoms with Crippen LogP contribution in [0.5, 0.6) is 0 Å². The fourth-order valence-electron chi connectivity index (χ4n) is 2.86. The van der Waals surface area contributed by atoms with E-state index >= 15 is 0 Å². The molecule has 22 heavy (non-hydrogen) atoms. The third kappa shape index (κ3) is 3.28. The van der Waals surface area contributed by atoms with E-state index in [0.717, 1.165) is 31.4 Å². The second kappa shape index (κ2) is 6.71. The molecule has 1 fully saturated rings. The lowest BCUT2D eigenvalue weighted by Gasteiger charge is -2.28. The predicted octanol–water partition coefficient (Wildman–Crippen LogP) is 4.57. The van der Waals surface area contributed by atoms with Gasteiger partial charge >= 0.3 is 0 Å². The smallest absolute Gasteiger partial charge is 0.256 e. The molecule has 1 amide bonds. The molecule has 1 aliphatic rings. The molecule has 116 valence electrons. The van der Waals surface area contributed by atoms with Crippen molar-refractivity contribution in [2.24, 2.45) is 0 Å². The minimum absolute atomic E-state index is 0.0885. The molecule has 1 aliphatic carbocycles. The average molecular weight is 339 g/mol. The van der Waals surface area contributed by atoms with Crippen molar-refractivity contribution in [3.8, 4) is 0 Å². The van der Waals surface area contributed by atoms with E-state index in [1.54, 1.807) is 12.3 Å². The normalized spacial score (nSPS) is 15.2. The molecule has 0 N–H and O–H groups in total. The van der Waals surface area contributed by atoms with Crippen LogP contribution in [-0.4, -0.2) is 21.8 Å². The number of hydrogen-bond donors (Lipinski definition) is 0. The highest BCUT2D eigenvalue weighted by Gasteiger charge is 2.28. The number of hydrogen-bond acceptors (Lipinski definition) is 3. The van der Waals surface area contributed by atoms with Gasteiger partial charge in [-0.3, -0.25) is 4.79 Å². The first-order valence-electron chi connectivity index (χ1n) is 7.29. The highest BCUT2D eigenvalue weighted by Crippen LogP contribution is 2.28. The summed E-state index contributed by atoms with van der Waals surface area (Å²) in [4.78, 5) is 18.7. The Labute approximate surface area is 139 Å². The van der Waals surface area contributed by atoms with Crippen LogP contribution in [0.3, 0.4) is 0 Å². The van der Waals surface area contributed by atoms with Crippen molar-refractivity contribution in [3.63, 3.8) is 0 Å². The molecular formula is C16H16Cl2N2O2. The van der Waals surface area contributed by atoms with Crippen LogP contribution in [0.2, 0.25) is 10.2 Å². The largest absolute Gasteiger partial charge is 0.467 e. The van der Waals surface area contributed by atoms with Gasteiger partial charge in [-0.15, -0.1) is 0 Å². The SMILES string of the molecule is O=C(c1cnc(Cl)c(Cl)c1)N(Cc1ccco1)C1CCCC1. The van der Waals surface area contributed by atoms with E-state index < -0.39 is 0 Å². The average Bonchev–Trinajstić information content (AvgIpc) is 3.20. The predicted molar refractivity (Wildman–Crippen MR) is 85.1 cm³/mol. The molecule has 6 heteroatoms. The number of rotatable bonds is 4. The summed E-state index contributed by atoms with van der Waals surface area (Å²) < 4.78 is 5.40. The molecule has 0 bridgehead atoms. The van der Waals surface area contributed by atoms with E-state index in [1.165, 1.54) is 6.20 Å². The van der Waals surface area contributed by atoms with Crippen molar-refractivity contribution >= 4 is 29.1 Å². The van der Waals surface area contributed by atoms with E-state index in [4.69, 9.17) is 27.6 Å². The zero-order valence-electron chi connectivity index (χ0n) is 12.0. The molecule has 0 aliphatic heterocycles. The molecule has 0 spiro atoms. The number of furan rings is 1. The van der Waals surface area contributed by atoms with E-state index in [9.17, 15) is 4.79 Å². The van der Waals surface area contributed by atoms with Gasteiger partial charge in [-0.1, -0.05) is 36.0 Å². The number of carbonyl (C=O) groups is 1. The maximum absolute atomic E-state index is 12.9. The van der Waals surface area contributed by atoms with Gasteiger partial charge in [-0.2, -0.15) is 0 Å². The first-order chi connectivity index (χ1) is 10.6. The number of halogens is 2. The fraction of sp³-hybridized carbons (Fsp3) is 0.375. The van der Waals surface area contributed by atoms with Gasteiger partial charge in [0.2, 0.25) is 0 Å². The third-order valence-electron chi connectivity index (χ3n) is 3.98. The summed E-state index contributed by atoms with van der Waals surface area (Å²) in [5.41, 5.74) is 0.452. The summed E-state index contributed by atoms with van der Waals surface area (Å²) in [5, 5.41) is 0.494. The summed E-state index contributed by atoms with van der Waals surface area (Å²) in [6.45, 7) is 0.455. The number of amides is 1. The Kier molecular flexibility index (Phi) is 4.69. The molecular weight excluding hydrogens is 323 g/mol. The van der Waals surface area contributed by atoms with Gasteiger partial charge in [-0.05, 0) is 31.0 Å². The molecule has 0 radical (unpaired) electrons. The Morgan fingerprint density at radius 2 is 2.14 bits per heavy atom. The number of aromatic nitrogens is 1. The maximum Gasteiger partial charge on any atom is 0.256 e. The lowest BCUT2D eigenvalue weighted by molar-refractivity contribution is 0.0648. The van der Waals surface area contributed by atoms with Crippen LogP contribution in [0.1, 0.15) is 41.8 Å². The summed E-state index contributed by atoms with van der Waals surface area (Å²) in [5.74, 6) is 0.683. The van der Waals surface area contributed by atoms with Crippen molar-refractivity contribution in [2.45, 2.75) is 38.3 Å². The van der Waals surface area contributed by atoms with E-state index in [2.05, 4.69) is 4.98 Å². The maximum atomic E-state index is 12.9. The molecule has 2 aromatic heterocycles. The standard InChI is InChI=1S/C16H16Cl2N2O2/c17-14-8-11(9-19-15(14)18)16(21)20(12-4-1-2-5-12)10-13-6-3-7-22-13/h3,6-9,12H,1-2,4-5,10H2. The van der Waals surface area contributed by atoms with Gasteiger partial charge in [0.25, 0.3) is 5.91 Å². The Morgan fingerprint density at radius 1 is 1.36 bits per heavy atom. The van der Waals surface area contributed by atoms with Crippen LogP contribution in [0.25, 0.3) is 0 Å². The monoisotopic (exact) mass is 338 g/mol. The zero-order valence-corrected chi connectivity index (χ0v) is 13.5. The van der Waals surface area contributed by atoms with Gasteiger partial charge in [0.05, 0.1) is 23.4 Å². The number of carbonyl (C=O) groups excluding carboxylic acids is 1. The number of nitrogens with zero attached hydrogens (tertiary/aromatic N) is 2. The van der Waals surface area contributed by atoms with Crippen LogP contribution in [0.15, 0.2) is 35.1 Å². The van der Waals surface area contributed by atoms with E-state index in [-0.39, 0.29) is 22.1 Å². The van der Waals surface area contributed by atoms with Gasteiger partial charge in [-0.25, -0.2) is 4.98 Å². The summed E-state index contributed by atoms with van der Waals surface area (Å²) in [6.07, 6.45) is 7.41. The van der Waals surface area contributed by atoms with Gasteiger partial charge < -0.3 is 9.32 Å². The summed E-state index contributed by atoms with van der Waals surface area (Å²) >= 11 is 11.8. The van der Waals surface area contributed by atoms with Crippen LogP contribution < -0.4 is 0 Å². The molecule has 0 unspecified atom stereocenters. The van der Waals surface area contributed by atoms with Gasteiger partial charge in [0.15, 0.2) is 0 Å². The zero-order chi connectivity index (χ0) is 15.5. The molecule has 1 saturated carbocycles. The van der Waals surface area contributed by atoms with Crippen molar-refractivity contribution in [1.82, 2.24) is 9.88 Å². The third-order valence-corrected chi connectivity index (χ3v) is 4.66.